The molecule has 1 aromatic heterocycles. The van der Waals surface area contributed by atoms with Crippen LogP contribution in [-0.2, 0) is 10.2 Å². The second kappa shape index (κ2) is 5.54. The topological polar surface area (TPSA) is 50.2 Å². The van der Waals surface area contributed by atoms with E-state index >= 15 is 0 Å². The van der Waals surface area contributed by atoms with Gasteiger partial charge in [0.2, 0.25) is 0 Å². The molecule has 1 heterocycles. The summed E-state index contributed by atoms with van der Waals surface area (Å²) < 4.78 is 0. The molecule has 0 saturated heterocycles. The van der Waals surface area contributed by atoms with Gasteiger partial charge in [-0.2, -0.15) is 0 Å². The van der Waals surface area contributed by atoms with Gasteiger partial charge in [-0.3, -0.25) is 4.79 Å². The second-order valence-corrected chi connectivity index (χ2v) is 6.23. The normalized spacial score (nSPS) is 13.4. The molecule has 94 valence electrons. The van der Waals surface area contributed by atoms with Crippen molar-refractivity contribution in [2.45, 2.75) is 38.1 Å². The van der Waals surface area contributed by atoms with E-state index in [1.807, 2.05) is 12.3 Å². The zero-order chi connectivity index (χ0) is 13.1. The molecular formula is C13H19NO2S. The first kappa shape index (κ1) is 14.0. The Balaban J connectivity index is 2.60. The van der Waals surface area contributed by atoms with Gasteiger partial charge < -0.3 is 5.11 Å². The van der Waals surface area contributed by atoms with Crippen molar-refractivity contribution in [3.8, 4) is 0 Å². The molecule has 0 amide bonds. The van der Waals surface area contributed by atoms with E-state index in [2.05, 4.69) is 31.8 Å². The molecule has 0 aliphatic heterocycles. The van der Waals surface area contributed by atoms with Crippen LogP contribution in [0.2, 0.25) is 0 Å². The Hall–Kier alpha value is -1.03. The molecule has 17 heavy (non-hydrogen) atoms. The van der Waals surface area contributed by atoms with Gasteiger partial charge in [0, 0.05) is 11.9 Å². The van der Waals surface area contributed by atoms with E-state index in [4.69, 9.17) is 5.11 Å². The second-order valence-electron chi connectivity index (χ2n) is 5.19. The van der Waals surface area contributed by atoms with Gasteiger partial charge in [0.1, 0.15) is 0 Å². The number of aliphatic carboxylic acids is 1. The van der Waals surface area contributed by atoms with Crippen molar-refractivity contribution >= 4 is 17.7 Å². The van der Waals surface area contributed by atoms with E-state index in [0.29, 0.717) is 5.75 Å². The van der Waals surface area contributed by atoms with Crippen LogP contribution in [-0.4, -0.2) is 21.8 Å². The third kappa shape index (κ3) is 4.38. The lowest BCUT2D eigenvalue weighted by atomic mass is 9.88. The molecule has 4 heteroatoms. The Morgan fingerprint density at radius 2 is 2.12 bits per heavy atom. The molecule has 0 aliphatic carbocycles. The summed E-state index contributed by atoms with van der Waals surface area (Å²) in [4.78, 5) is 15.0. The Labute approximate surface area is 107 Å². The van der Waals surface area contributed by atoms with Crippen LogP contribution in [0.5, 0.6) is 0 Å². The first-order valence-corrected chi connectivity index (χ1v) is 6.61. The molecule has 0 fully saturated rings. The quantitative estimate of drug-likeness (QED) is 0.837. The van der Waals surface area contributed by atoms with Gasteiger partial charge >= 0.3 is 5.97 Å². The number of rotatable bonds is 4. The smallest absolute Gasteiger partial charge is 0.307 e. The molecule has 1 atom stereocenters. The predicted octanol–water partition coefficient (Wildman–Crippen LogP) is 3.19. The van der Waals surface area contributed by atoms with Crippen LogP contribution in [0.4, 0.5) is 0 Å². The zero-order valence-electron chi connectivity index (χ0n) is 10.7. The summed E-state index contributed by atoms with van der Waals surface area (Å²) in [5, 5.41) is 9.66. The predicted molar refractivity (Wildman–Crippen MR) is 70.5 cm³/mol. The van der Waals surface area contributed by atoms with Gasteiger partial charge in [0.05, 0.1) is 10.9 Å². The minimum Gasteiger partial charge on any atom is -0.481 e. The Morgan fingerprint density at radius 1 is 1.47 bits per heavy atom. The minimum absolute atomic E-state index is 0.102. The molecule has 1 N–H and O–H groups in total. The van der Waals surface area contributed by atoms with Crippen molar-refractivity contribution in [1.29, 1.82) is 0 Å². The van der Waals surface area contributed by atoms with Crippen LogP contribution in [0.1, 0.15) is 33.3 Å². The fourth-order valence-corrected chi connectivity index (χ4v) is 2.05. The fourth-order valence-electron chi connectivity index (χ4n) is 1.19. The van der Waals surface area contributed by atoms with Crippen molar-refractivity contribution in [3.05, 3.63) is 23.9 Å². The highest BCUT2D eigenvalue weighted by atomic mass is 32.2. The summed E-state index contributed by atoms with van der Waals surface area (Å²) in [6, 6.07) is 4.01. The average molecular weight is 253 g/mol. The number of hydrogen-bond donors (Lipinski definition) is 1. The van der Waals surface area contributed by atoms with E-state index in [-0.39, 0.29) is 11.3 Å². The number of thioether (sulfide) groups is 1. The van der Waals surface area contributed by atoms with Gasteiger partial charge in [-0.25, -0.2) is 4.98 Å². The summed E-state index contributed by atoms with van der Waals surface area (Å²) in [7, 11) is 0. The number of carboxylic acids is 1. The van der Waals surface area contributed by atoms with E-state index in [0.717, 1.165) is 5.03 Å². The van der Waals surface area contributed by atoms with E-state index < -0.39 is 5.97 Å². The van der Waals surface area contributed by atoms with E-state index in [1.54, 1.807) is 6.92 Å². The molecular weight excluding hydrogens is 234 g/mol. The highest BCUT2D eigenvalue weighted by Crippen LogP contribution is 2.24. The van der Waals surface area contributed by atoms with Crippen LogP contribution in [0.15, 0.2) is 23.4 Å². The maximum absolute atomic E-state index is 10.7. The zero-order valence-corrected chi connectivity index (χ0v) is 11.5. The van der Waals surface area contributed by atoms with Gasteiger partial charge in [-0.1, -0.05) is 33.8 Å². The summed E-state index contributed by atoms with van der Waals surface area (Å²) in [5.41, 5.74) is 1.29. The van der Waals surface area contributed by atoms with Crippen LogP contribution in [0.25, 0.3) is 0 Å². The lowest BCUT2D eigenvalue weighted by Gasteiger charge is -2.18. The van der Waals surface area contributed by atoms with Crippen molar-refractivity contribution in [1.82, 2.24) is 4.98 Å². The van der Waals surface area contributed by atoms with Gasteiger partial charge in [0.15, 0.2) is 0 Å². The van der Waals surface area contributed by atoms with Crippen molar-refractivity contribution in [2.24, 2.45) is 5.92 Å². The Bertz CT molecular complexity index is 381. The number of hydrogen-bond acceptors (Lipinski definition) is 3. The van der Waals surface area contributed by atoms with Crippen molar-refractivity contribution in [2.75, 3.05) is 5.75 Å². The van der Waals surface area contributed by atoms with Gasteiger partial charge in [-0.15, -0.1) is 11.8 Å². The first-order valence-electron chi connectivity index (χ1n) is 5.63. The highest BCUT2D eigenvalue weighted by Gasteiger charge is 2.15. The number of carbonyl (C=O) groups is 1. The van der Waals surface area contributed by atoms with Crippen LogP contribution in [0, 0.1) is 5.92 Å². The molecule has 0 bridgehead atoms. The first-order chi connectivity index (χ1) is 7.80. The van der Waals surface area contributed by atoms with Crippen LogP contribution < -0.4 is 0 Å². The SMILES string of the molecule is CC(CSc1ccc(C(C)(C)C)cn1)C(=O)O. The number of nitrogens with zero attached hydrogens (tertiary/aromatic N) is 1. The number of carboxylic acid groups (broad SMARTS) is 1. The summed E-state index contributed by atoms with van der Waals surface area (Å²) in [5.74, 6) is -0.551. The monoisotopic (exact) mass is 253 g/mol. The van der Waals surface area contributed by atoms with E-state index in [9.17, 15) is 4.79 Å². The van der Waals surface area contributed by atoms with Gasteiger partial charge in [-0.05, 0) is 17.0 Å². The Kier molecular flexibility index (Phi) is 4.57. The molecule has 1 unspecified atom stereocenters. The average Bonchev–Trinajstić information content (AvgIpc) is 2.25. The summed E-state index contributed by atoms with van der Waals surface area (Å²) in [6.07, 6.45) is 1.87. The molecule has 1 aromatic rings. The molecule has 0 radical (unpaired) electrons. The Morgan fingerprint density at radius 3 is 2.53 bits per heavy atom. The largest absolute Gasteiger partial charge is 0.481 e. The molecule has 1 rings (SSSR count). The van der Waals surface area contributed by atoms with Crippen molar-refractivity contribution < 1.29 is 9.90 Å². The van der Waals surface area contributed by atoms with Crippen LogP contribution in [0.3, 0.4) is 0 Å². The third-order valence-corrected chi connectivity index (χ3v) is 3.71. The molecule has 0 saturated carbocycles. The van der Waals surface area contributed by atoms with Gasteiger partial charge in [0.25, 0.3) is 0 Å². The molecule has 0 spiro atoms. The fraction of sp³-hybridized carbons (Fsp3) is 0.538. The maximum atomic E-state index is 10.7. The lowest BCUT2D eigenvalue weighted by Crippen LogP contribution is -2.12. The molecule has 0 aliphatic rings. The standard InChI is InChI=1S/C13H19NO2S/c1-9(12(15)16)8-17-11-6-5-10(7-14-11)13(2,3)4/h5-7,9H,8H2,1-4H3,(H,15,16). The maximum Gasteiger partial charge on any atom is 0.307 e. The summed E-state index contributed by atoms with van der Waals surface area (Å²) >= 11 is 1.48. The van der Waals surface area contributed by atoms with E-state index in [1.165, 1.54) is 17.3 Å². The highest BCUT2D eigenvalue weighted by molar-refractivity contribution is 7.99. The van der Waals surface area contributed by atoms with Crippen molar-refractivity contribution in [3.63, 3.8) is 0 Å². The minimum atomic E-state index is -0.760. The lowest BCUT2D eigenvalue weighted by molar-refractivity contribution is -0.140. The third-order valence-electron chi connectivity index (χ3n) is 2.51. The summed E-state index contributed by atoms with van der Waals surface area (Å²) in [6.45, 7) is 8.13. The number of pyridine rings is 1. The number of aromatic nitrogens is 1. The van der Waals surface area contributed by atoms with Crippen LogP contribution >= 0.6 is 11.8 Å². The molecule has 0 aromatic carbocycles. The molecule has 3 nitrogen and oxygen atoms in total.